The van der Waals surface area contributed by atoms with Crippen LogP contribution in [0.15, 0.2) is 0 Å². The maximum absolute atomic E-state index is 11.6. The van der Waals surface area contributed by atoms with Gasteiger partial charge in [0, 0.05) is 6.54 Å². The quantitative estimate of drug-likeness (QED) is 0.681. The molecule has 0 aromatic rings. The van der Waals surface area contributed by atoms with Gasteiger partial charge in [-0.15, -0.1) is 0 Å². The Morgan fingerprint density at radius 1 is 1.47 bits per heavy atom. The summed E-state index contributed by atoms with van der Waals surface area (Å²) in [5.74, 6) is 1.69. The van der Waals surface area contributed by atoms with E-state index in [2.05, 4.69) is 18.7 Å². The molecular formula is C13H25NO2S. The monoisotopic (exact) mass is 259 g/mol. The third-order valence-electron chi connectivity index (χ3n) is 3.61. The molecule has 1 rings (SSSR count). The molecular weight excluding hydrogens is 234 g/mol. The van der Waals surface area contributed by atoms with Gasteiger partial charge in [-0.2, -0.15) is 11.8 Å². The van der Waals surface area contributed by atoms with Crippen LogP contribution in [0.5, 0.6) is 0 Å². The van der Waals surface area contributed by atoms with Crippen molar-refractivity contribution < 1.29 is 9.90 Å². The molecule has 1 saturated heterocycles. The lowest BCUT2D eigenvalue weighted by atomic mass is 9.90. The van der Waals surface area contributed by atoms with Gasteiger partial charge in [0.15, 0.2) is 0 Å². The molecule has 1 fully saturated rings. The van der Waals surface area contributed by atoms with E-state index in [1.165, 1.54) is 0 Å². The van der Waals surface area contributed by atoms with Crippen LogP contribution in [0.1, 0.15) is 46.0 Å². The standard InChI is InChI=1S/C13H25NO2S/c1-3-7-13(12(15)16)8-5-9-14(13)10-6-11-17-4-2/h3-11H2,1-2H3,(H,15,16). The fraction of sp³-hybridized carbons (Fsp3) is 0.923. The molecule has 0 aliphatic carbocycles. The van der Waals surface area contributed by atoms with E-state index in [9.17, 15) is 9.90 Å². The third-order valence-corrected chi connectivity index (χ3v) is 4.59. The van der Waals surface area contributed by atoms with Crippen molar-refractivity contribution in [3.63, 3.8) is 0 Å². The van der Waals surface area contributed by atoms with E-state index in [4.69, 9.17) is 0 Å². The van der Waals surface area contributed by atoms with Crippen LogP contribution in [0.4, 0.5) is 0 Å². The molecule has 0 bridgehead atoms. The zero-order chi connectivity index (χ0) is 12.7. The fourth-order valence-electron chi connectivity index (χ4n) is 2.81. The highest BCUT2D eigenvalue weighted by molar-refractivity contribution is 7.99. The molecule has 0 amide bonds. The fourth-order valence-corrected chi connectivity index (χ4v) is 3.43. The van der Waals surface area contributed by atoms with E-state index in [-0.39, 0.29) is 0 Å². The Morgan fingerprint density at radius 3 is 2.82 bits per heavy atom. The van der Waals surface area contributed by atoms with Gasteiger partial charge in [0.05, 0.1) is 0 Å². The number of aliphatic carboxylic acids is 1. The molecule has 4 heteroatoms. The molecule has 1 aliphatic rings. The lowest BCUT2D eigenvalue weighted by molar-refractivity contribution is -0.150. The molecule has 100 valence electrons. The summed E-state index contributed by atoms with van der Waals surface area (Å²) in [5, 5.41) is 9.52. The van der Waals surface area contributed by atoms with Gasteiger partial charge >= 0.3 is 5.97 Å². The maximum atomic E-state index is 11.6. The van der Waals surface area contributed by atoms with Crippen LogP contribution >= 0.6 is 11.8 Å². The number of nitrogens with zero attached hydrogens (tertiary/aromatic N) is 1. The Bertz CT molecular complexity index is 248. The molecule has 1 aliphatic heterocycles. The Labute approximate surface area is 109 Å². The van der Waals surface area contributed by atoms with Crippen LogP contribution in [0, 0.1) is 0 Å². The van der Waals surface area contributed by atoms with Crippen molar-refractivity contribution in [3.05, 3.63) is 0 Å². The lowest BCUT2D eigenvalue weighted by Gasteiger charge is -2.34. The van der Waals surface area contributed by atoms with Gasteiger partial charge in [-0.05, 0) is 43.7 Å². The van der Waals surface area contributed by atoms with Crippen LogP contribution in [0.3, 0.4) is 0 Å². The van der Waals surface area contributed by atoms with E-state index in [0.717, 1.165) is 56.7 Å². The minimum Gasteiger partial charge on any atom is -0.480 e. The Morgan fingerprint density at radius 2 is 2.24 bits per heavy atom. The van der Waals surface area contributed by atoms with Gasteiger partial charge < -0.3 is 5.11 Å². The molecule has 1 heterocycles. The number of hydrogen-bond acceptors (Lipinski definition) is 3. The highest BCUT2D eigenvalue weighted by Crippen LogP contribution is 2.34. The van der Waals surface area contributed by atoms with Crippen LogP contribution in [-0.2, 0) is 4.79 Å². The zero-order valence-corrected chi connectivity index (χ0v) is 11.9. The highest BCUT2D eigenvalue weighted by Gasteiger charge is 2.46. The maximum Gasteiger partial charge on any atom is 0.324 e. The molecule has 1 unspecified atom stereocenters. The second kappa shape index (κ2) is 7.27. The van der Waals surface area contributed by atoms with Crippen molar-refractivity contribution in [2.75, 3.05) is 24.6 Å². The molecule has 0 aromatic heterocycles. The SMILES string of the molecule is CCCC1(C(=O)O)CCCN1CCCSCC. The molecule has 3 nitrogen and oxygen atoms in total. The Kier molecular flexibility index (Phi) is 6.34. The van der Waals surface area contributed by atoms with Crippen LogP contribution < -0.4 is 0 Å². The first-order valence-corrected chi connectivity index (χ1v) is 7.89. The second-order valence-electron chi connectivity index (χ2n) is 4.73. The van der Waals surface area contributed by atoms with Gasteiger partial charge in [-0.1, -0.05) is 20.3 Å². The summed E-state index contributed by atoms with van der Waals surface area (Å²) in [6.45, 7) is 6.15. The van der Waals surface area contributed by atoms with Crippen LogP contribution in [0.25, 0.3) is 0 Å². The molecule has 0 spiro atoms. The highest BCUT2D eigenvalue weighted by atomic mass is 32.2. The minimum atomic E-state index is -0.611. The minimum absolute atomic E-state index is 0.550. The van der Waals surface area contributed by atoms with E-state index in [0.29, 0.717) is 0 Å². The summed E-state index contributed by atoms with van der Waals surface area (Å²) in [6, 6.07) is 0. The van der Waals surface area contributed by atoms with Crippen molar-refractivity contribution in [2.45, 2.75) is 51.5 Å². The largest absolute Gasteiger partial charge is 0.480 e. The van der Waals surface area contributed by atoms with Crippen molar-refractivity contribution in [2.24, 2.45) is 0 Å². The summed E-state index contributed by atoms with van der Waals surface area (Å²) in [5.41, 5.74) is -0.550. The normalized spacial score (nSPS) is 25.3. The van der Waals surface area contributed by atoms with E-state index in [1.54, 1.807) is 0 Å². The summed E-state index contributed by atoms with van der Waals surface area (Å²) in [7, 11) is 0. The number of carbonyl (C=O) groups is 1. The lowest BCUT2D eigenvalue weighted by Crippen LogP contribution is -2.50. The number of rotatable bonds is 8. The number of likely N-dealkylation sites (tertiary alicyclic amines) is 1. The van der Waals surface area contributed by atoms with Gasteiger partial charge in [-0.25, -0.2) is 0 Å². The number of carboxylic acid groups (broad SMARTS) is 1. The average Bonchev–Trinajstić information content (AvgIpc) is 2.70. The molecule has 17 heavy (non-hydrogen) atoms. The van der Waals surface area contributed by atoms with Crippen LogP contribution in [0.2, 0.25) is 0 Å². The third kappa shape index (κ3) is 3.62. The van der Waals surface area contributed by atoms with E-state index in [1.807, 2.05) is 11.8 Å². The Hall–Kier alpha value is -0.220. The molecule has 0 saturated carbocycles. The summed E-state index contributed by atoms with van der Waals surface area (Å²) in [4.78, 5) is 13.8. The molecule has 0 radical (unpaired) electrons. The van der Waals surface area contributed by atoms with Gasteiger partial charge in [0.2, 0.25) is 0 Å². The number of carboxylic acids is 1. The number of hydrogen-bond donors (Lipinski definition) is 1. The molecule has 1 atom stereocenters. The molecule has 1 N–H and O–H groups in total. The topological polar surface area (TPSA) is 40.5 Å². The van der Waals surface area contributed by atoms with Gasteiger partial charge in [0.25, 0.3) is 0 Å². The van der Waals surface area contributed by atoms with E-state index >= 15 is 0 Å². The summed E-state index contributed by atoms with van der Waals surface area (Å²) in [6.07, 6.45) is 4.72. The Balaban J connectivity index is 2.53. The second-order valence-corrected chi connectivity index (χ2v) is 6.12. The predicted molar refractivity (Wildman–Crippen MR) is 73.7 cm³/mol. The van der Waals surface area contributed by atoms with Crippen molar-refractivity contribution >= 4 is 17.7 Å². The number of thioether (sulfide) groups is 1. The first-order chi connectivity index (χ1) is 8.17. The first-order valence-electron chi connectivity index (χ1n) is 6.73. The van der Waals surface area contributed by atoms with Crippen molar-refractivity contribution in [3.8, 4) is 0 Å². The summed E-state index contributed by atoms with van der Waals surface area (Å²) >= 11 is 1.94. The predicted octanol–water partition coefficient (Wildman–Crippen LogP) is 2.85. The van der Waals surface area contributed by atoms with Gasteiger partial charge in [-0.3, -0.25) is 9.69 Å². The smallest absolute Gasteiger partial charge is 0.324 e. The molecule has 0 aromatic carbocycles. The zero-order valence-electron chi connectivity index (χ0n) is 11.1. The van der Waals surface area contributed by atoms with Crippen LogP contribution in [-0.4, -0.2) is 46.1 Å². The van der Waals surface area contributed by atoms with Crippen molar-refractivity contribution in [1.29, 1.82) is 0 Å². The van der Waals surface area contributed by atoms with E-state index < -0.39 is 11.5 Å². The summed E-state index contributed by atoms with van der Waals surface area (Å²) < 4.78 is 0. The van der Waals surface area contributed by atoms with Crippen molar-refractivity contribution in [1.82, 2.24) is 4.90 Å². The van der Waals surface area contributed by atoms with Gasteiger partial charge in [0.1, 0.15) is 5.54 Å². The average molecular weight is 259 g/mol. The first kappa shape index (κ1) is 14.8.